The summed E-state index contributed by atoms with van der Waals surface area (Å²) in [7, 11) is 3.70. The highest BCUT2D eigenvalue weighted by molar-refractivity contribution is 6.33. The number of aliphatic imine (C=N–C) groups is 1. The third-order valence-electron chi connectivity index (χ3n) is 4.18. The van der Waals surface area contributed by atoms with Crippen LogP contribution in [-0.4, -0.2) is 38.2 Å². The van der Waals surface area contributed by atoms with E-state index in [9.17, 15) is 13.2 Å². The topological polar surface area (TPSA) is 28.1 Å². The second kappa shape index (κ2) is 9.19. The fraction of sp³-hybridized carbons (Fsp3) is 0.350. The van der Waals surface area contributed by atoms with E-state index in [1.807, 2.05) is 36.8 Å². The number of anilines is 1. The van der Waals surface area contributed by atoms with Crippen LogP contribution in [0, 0.1) is 6.92 Å². The number of aryl methyl sites for hydroxylation is 1. The lowest BCUT2D eigenvalue weighted by molar-refractivity contribution is -0.274. The van der Waals surface area contributed by atoms with E-state index in [0.29, 0.717) is 16.3 Å². The number of alkyl halides is 3. The molecular formula is C20H23ClF3N3O. The van der Waals surface area contributed by atoms with E-state index in [-0.39, 0.29) is 12.3 Å². The first-order valence-corrected chi connectivity index (χ1v) is 9.08. The molecule has 0 saturated heterocycles. The smallest absolute Gasteiger partial charge is 0.405 e. The molecule has 0 aromatic heterocycles. The lowest BCUT2D eigenvalue weighted by Crippen LogP contribution is -2.21. The van der Waals surface area contributed by atoms with E-state index in [0.717, 1.165) is 17.8 Å². The molecule has 2 aromatic carbocycles. The molecule has 2 aromatic rings. The molecule has 0 atom stereocenters. The first-order chi connectivity index (χ1) is 13.1. The Bertz CT molecular complexity index is 840. The highest BCUT2D eigenvalue weighted by Gasteiger charge is 2.32. The van der Waals surface area contributed by atoms with Gasteiger partial charge in [-0.15, -0.1) is 13.2 Å². The molecule has 0 saturated carbocycles. The van der Waals surface area contributed by atoms with Crippen LogP contribution < -0.4 is 9.64 Å². The van der Waals surface area contributed by atoms with E-state index < -0.39 is 6.36 Å². The zero-order valence-electron chi connectivity index (χ0n) is 16.2. The minimum atomic E-state index is -4.74. The summed E-state index contributed by atoms with van der Waals surface area (Å²) >= 11 is 6.36. The van der Waals surface area contributed by atoms with E-state index >= 15 is 0 Å². The SMILES string of the molecule is CCN(C)C=Nc1cc(C)c(N(C)Cc2ccccc2OC(F)(F)F)cc1Cl. The van der Waals surface area contributed by atoms with Gasteiger partial charge in [0, 0.05) is 38.4 Å². The van der Waals surface area contributed by atoms with Gasteiger partial charge in [0.2, 0.25) is 0 Å². The van der Waals surface area contributed by atoms with Gasteiger partial charge in [-0.3, -0.25) is 0 Å². The van der Waals surface area contributed by atoms with Crippen molar-refractivity contribution in [2.24, 2.45) is 4.99 Å². The number of para-hydroxylation sites is 1. The molecule has 0 radical (unpaired) electrons. The van der Waals surface area contributed by atoms with E-state index in [2.05, 4.69) is 9.73 Å². The van der Waals surface area contributed by atoms with Gasteiger partial charge in [0.1, 0.15) is 5.75 Å². The maximum absolute atomic E-state index is 12.6. The standard InChI is InChI=1S/C20H23ClF3N3O/c1-5-26(3)13-25-17-10-14(2)18(11-16(17)21)27(4)12-15-8-6-7-9-19(15)28-20(22,23)24/h6-11,13H,5,12H2,1-4H3. The molecule has 0 unspecified atom stereocenters. The van der Waals surface area contributed by atoms with Crippen molar-refractivity contribution in [3.8, 4) is 5.75 Å². The van der Waals surface area contributed by atoms with Gasteiger partial charge >= 0.3 is 6.36 Å². The van der Waals surface area contributed by atoms with Gasteiger partial charge < -0.3 is 14.5 Å². The molecule has 28 heavy (non-hydrogen) atoms. The summed E-state index contributed by atoms with van der Waals surface area (Å²) in [4.78, 5) is 8.13. The van der Waals surface area contributed by atoms with Crippen molar-refractivity contribution in [3.05, 3.63) is 52.5 Å². The quantitative estimate of drug-likeness (QED) is 0.424. The average molecular weight is 414 g/mol. The van der Waals surface area contributed by atoms with Gasteiger partial charge in [0.25, 0.3) is 0 Å². The number of ether oxygens (including phenoxy) is 1. The number of halogens is 4. The molecule has 0 aliphatic rings. The Balaban J connectivity index is 2.25. The fourth-order valence-corrected chi connectivity index (χ4v) is 2.81. The number of rotatable bonds is 7. The summed E-state index contributed by atoms with van der Waals surface area (Å²) < 4.78 is 42.0. The largest absolute Gasteiger partial charge is 0.573 e. The summed E-state index contributed by atoms with van der Waals surface area (Å²) in [6.07, 6.45) is -3.03. The Morgan fingerprint density at radius 1 is 1.18 bits per heavy atom. The van der Waals surface area contributed by atoms with Crippen LogP contribution in [0.5, 0.6) is 5.75 Å². The first-order valence-electron chi connectivity index (χ1n) is 8.70. The van der Waals surface area contributed by atoms with Crippen LogP contribution in [0.3, 0.4) is 0 Å². The second-order valence-electron chi connectivity index (χ2n) is 6.42. The summed E-state index contributed by atoms with van der Waals surface area (Å²) in [5.41, 5.74) is 2.77. The molecule has 152 valence electrons. The highest BCUT2D eigenvalue weighted by atomic mass is 35.5. The van der Waals surface area contributed by atoms with Gasteiger partial charge in [0.05, 0.1) is 17.0 Å². The van der Waals surface area contributed by atoms with Crippen molar-refractivity contribution in [3.63, 3.8) is 0 Å². The molecule has 2 rings (SSSR count). The fourth-order valence-electron chi connectivity index (χ4n) is 2.61. The number of hydrogen-bond donors (Lipinski definition) is 0. The lowest BCUT2D eigenvalue weighted by Gasteiger charge is -2.24. The second-order valence-corrected chi connectivity index (χ2v) is 6.83. The van der Waals surface area contributed by atoms with Gasteiger partial charge in [-0.25, -0.2) is 4.99 Å². The van der Waals surface area contributed by atoms with E-state index in [1.165, 1.54) is 12.1 Å². The highest BCUT2D eigenvalue weighted by Crippen LogP contribution is 2.34. The van der Waals surface area contributed by atoms with Crippen LogP contribution in [0.1, 0.15) is 18.1 Å². The van der Waals surface area contributed by atoms with Gasteiger partial charge in [0.15, 0.2) is 0 Å². The Morgan fingerprint density at radius 2 is 1.86 bits per heavy atom. The monoisotopic (exact) mass is 413 g/mol. The molecule has 8 heteroatoms. The Morgan fingerprint density at radius 3 is 2.50 bits per heavy atom. The molecule has 4 nitrogen and oxygen atoms in total. The number of benzene rings is 2. The van der Waals surface area contributed by atoms with Crippen molar-refractivity contribution < 1.29 is 17.9 Å². The van der Waals surface area contributed by atoms with Crippen molar-refractivity contribution in [2.45, 2.75) is 26.8 Å². The minimum absolute atomic E-state index is 0.213. The maximum Gasteiger partial charge on any atom is 0.573 e. The summed E-state index contributed by atoms with van der Waals surface area (Å²) in [6.45, 7) is 4.96. The van der Waals surface area contributed by atoms with Crippen LogP contribution in [-0.2, 0) is 6.54 Å². The molecule has 0 aliphatic heterocycles. The predicted octanol–water partition coefficient (Wildman–Crippen LogP) is 5.79. The van der Waals surface area contributed by atoms with Gasteiger partial charge in [-0.1, -0.05) is 29.8 Å². The number of hydrogen-bond acceptors (Lipinski definition) is 3. The van der Waals surface area contributed by atoms with Gasteiger partial charge in [-0.05, 0) is 37.6 Å². The van der Waals surface area contributed by atoms with Crippen molar-refractivity contribution >= 4 is 29.3 Å². The van der Waals surface area contributed by atoms with Crippen LogP contribution in [0.4, 0.5) is 24.5 Å². The van der Waals surface area contributed by atoms with Crippen LogP contribution in [0.15, 0.2) is 41.4 Å². The summed E-state index contributed by atoms with van der Waals surface area (Å²) in [5.74, 6) is -0.213. The molecular weight excluding hydrogens is 391 g/mol. The normalized spacial score (nSPS) is 11.7. The summed E-state index contributed by atoms with van der Waals surface area (Å²) in [5, 5.41) is 0.466. The zero-order chi connectivity index (χ0) is 20.9. The van der Waals surface area contributed by atoms with Crippen LogP contribution in [0.2, 0.25) is 5.02 Å². The van der Waals surface area contributed by atoms with Gasteiger partial charge in [-0.2, -0.15) is 0 Å². The minimum Gasteiger partial charge on any atom is -0.405 e. The molecule has 0 spiro atoms. The lowest BCUT2D eigenvalue weighted by atomic mass is 10.1. The summed E-state index contributed by atoms with van der Waals surface area (Å²) in [6, 6.07) is 9.71. The maximum atomic E-state index is 12.6. The predicted molar refractivity (Wildman–Crippen MR) is 108 cm³/mol. The third kappa shape index (κ3) is 6.05. The Hall–Kier alpha value is -2.41. The Labute approximate surface area is 168 Å². The van der Waals surface area contributed by atoms with Crippen molar-refractivity contribution in [1.82, 2.24) is 4.90 Å². The molecule has 0 heterocycles. The van der Waals surface area contributed by atoms with Crippen molar-refractivity contribution in [2.75, 3.05) is 25.5 Å². The molecule has 0 amide bonds. The number of nitrogens with zero attached hydrogens (tertiary/aromatic N) is 3. The Kier molecular flexibility index (Phi) is 7.18. The third-order valence-corrected chi connectivity index (χ3v) is 4.48. The average Bonchev–Trinajstić information content (AvgIpc) is 2.62. The van der Waals surface area contributed by atoms with Crippen molar-refractivity contribution in [1.29, 1.82) is 0 Å². The molecule has 0 fully saturated rings. The van der Waals surface area contributed by atoms with Crippen LogP contribution in [0.25, 0.3) is 0 Å². The molecule has 0 N–H and O–H groups in total. The van der Waals surface area contributed by atoms with E-state index in [1.54, 1.807) is 31.6 Å². The zero-order valence-corrected chi connectivity index (χ0v) is 17.0. The van der Waals surface area contributed by atoms with Crippen LogP contribution >= 0.6 is 11.6 Å². The first kappa shape index (κ1) is 21.9. The van der Waals surface area contributed by atoms with E-state index in [4.69, 9.17) is 11.6 Å². The molecule has 0 aliphatic carbocycles. The molecule has 0 bridgehead atoms.